The molecule has 0 heterocycles. The van der Waals surface area contributed by atoms with Crippen molar-refractivity contribution in [3.05, 3.63) is 49.6 Å². The van der Waals surface area contributed by atoms with Gasteiger partial charge in [-0.3, -0.25) is 0 Å². The maximum atomic E-state index is 3.92. The normalized spacial score (nSPS) is 12.7. The van der Waals surface area contributed by atoms with Crippen molar-refractivity contribution in [2.24, 2.45) is 0 Å². The molecule has 1 atom stereocenters. The van der Waals surface area contributed by atoms with E-state index in [2.05, 4.69) is 64.8 Å². The highest BCUT2D eigenvalue weighted by Gasteiger charge is 2.33. The monoisotopic (exact) mass is 234 g/mol. The van der Waals surface area contributed by atoms with E-state index >= 15 is 0 Å². The fourth-order valence-electron chi connectivity index (χ4n) is 2.35. The largest absolute Gasteiger partial charge is 0.103 e. The third-order valence-corrected chi connectivity index (χ3v) is 8.61. The molecule has 0 amide bonds. The Morgan fingerprint density at radius 3 is 1.62 bits per heavy atom. The van der Waals surface area contributed by atoms with E-state index in [0.29, 0.717) is 5.54 Å². The van der Waals surface area contributed by atoms with Crippen LogP contribution in [0.5, 0.6) is 0 Å². The van der Waals surface area contributed by atoms with E-state index in [1.165, 1.54) is 5.57 Å². The highest BCUT2D eigenvalue weighted by molar-refractivity contribution is 6.82. The average molecular weight is 234 g/mol. The molecule has 0 aliphatic carbocycles. The van der Waals surface area contributed by atoms with E-state index in [4.69, 9.17) is 0 Å². The summed E-state index contributed by atoms with van der Waals surface area (Å²) in [5, 5.41) is 0. The number of hydrogen-bond acceptors (Lipinski definition) is 0. The Labute approximate surface area is 102 Å². The molecule has 0 saturated carbocycles. The first-order valence-corrected chi connectivity index (χ1v) is 8.70. The topological polar surface area (TPSA) is 0 Å². The fourth-order valence-corrected chi connectivity index (χ4v) is 6.37. The summed E-state index contributed by atoms with van der Waals surface area (Å²) < 4.78 is 0. The van der Waals surface area contributed by atoms with Crippen LogP contribution in [-0.4, -0.2) is 8.07 Å². The first-order valence-electron chi connectivity index (χ1n) is 6.00. The molecule has 0 bridgehead atoms. The summed E-state index contributed by atoms with van der Waals surface area (Å²) in [7, 11) is -1.39. The lowest BCUT2D eigenvalue weighted by molar-refractivity contribution is 1.05. The highest BCUT2D eigenvalue weighted by atomic mass is 28.3. The van der Waals surface area contributed by atoms with Crippen molar-refractivity contribution in [3.63, 3.8) is 0 Å². The van der Waals surface area contributed by atoms with Crippen LogP contribution in [0.4, 0.5) is 0 Å². The molecule has 0 aromatic heterocycles. The van der Waals surface area contributed by atoms with Gasteiger partial charge in [-0.15, -0.1) is 19.7 Å². The van der Waals surface area contributed by atoms with Crippen LogP contribution in [0.2, 0.25) is 23.7 Å². The second-order valence-corrected chi connectivity index (χ2v) is 9.73. The van der Waals surface area contributed by atoms with Crippen LogP contribution < -0.4 is 0 Å². The SMILES string of the molecule is C=CC[Si](CC=C)(CC=C)C(C)C=C(C)C. The summed E-state index contributed by atoms with van der Waals surface area (Å²) >= 11 is 0. The van der Waals surface area contributed by atoms with Crippen molar-refractivity contribution in [1.82, 2.24) is 0 Å². The average Bonchev–Trinajstić information content (AvgIpc) is 2.17. The van der Waals surface area contributed by atoms with Crippen LogP contribution in [0.1, 0.15) is 20.8 Å². The Morgan fingerprint density at radius 2 is 1.38 bits per heavy atom. The fraction of sp³-hybridized carbons (Fsp3) is 0.467. The van der Waals surface area contributed by atoms with Crippen molar-refractivity contribution in [1.29, 1.82) is 0 Å². The van der Waals surface area contributed by atoms with Gasteiger partial charge in [0.25, 0.3) is 0 Å². The summed E-state index contributed by atoms with van der Waals surface area (Å²) in [5.74, 6) is 0. The van der Waals surface area contributed by atoms with Crippen LogP contribution in [0.25, 0.3) is 0 Å². The zero-order valence-electron chi connectivity index (χ0n) is 11.1. The van der Waals surface area contributed by atoms with Gasteiger partial charge in [0.05, 0.1) is 8.07 Å². The molecule has 0 aliphatic heterocycles. The summed E-state index contributed by atoms with van der Waals surface area (Å²) in [6.45, 7) is 18.4. The smallest absolute Gasteiger partial charge is 0.0714 e. The quantitative estimate of drug-likeness (QED) is 0.392. The minimum absolute atomic E-state index is 0.659. The molecule has 90 valence electrons. The van der Waals surface area contributed by atoms with E-state index in [1.54, 1.807) is 0 Å². The van der Waals surface area contributed by atoms with E-state index in [9.17, 15) is 0 Å². The molecular weight excluding hydrogens is 208 g/mol. The summed E-state index contributed by atoms with van der Waals surface area (Å²) in [6, 6.07) is 3.45. The Morgan fingerprint density at radius 1 is 1.00 bits per heavy atom. The van der Waals surface area contributed by atoms with Crippen LogP contribution in [0.3, 0.4) is 0 Å². The molecule has 1 heteroatoms. The first-order chi connectivity index (χ1) is 7.52. The van der Waals surface area contributed by atoms with Gasteiger partial charge in [-0.25, -0.2) is 0 Å². The molecule has 0 fully saturated rings. The van der Waals surface area contributed by atoms with Crippen LogP contribution in [0.15, 0.2) is 49.6 Å². The lowest BCUT2D eigenvalue weighted by Gasteiger charge is -2.34. The van der Waals surface area contributed by atoms with E-state index in [-0.39, 0.29) is 0 Å². The lowest BCUT2D eigenvalue weighted by atomic mass is 10.3. The Kier molecular flexibility index (Phi) is 7.07. The molecule has 0 spiro atoms. The van der Waals surface area contributed by atoms with Crippen molar-refractivity contribution in [3.8, 4) is 0 Å². The number of rotatable bonds is 8. The molecule has 16 heavy (non-hydrogen) atoms. The van der Waals surface area contributed by atoms with Crippen LogP contribution in [0, 0.1) is 0 Å². The molecule has 0 aromatic rings. The van der Waals surface area contributed by atoms with E-state index in [0.717, 1.165) is 18.1 Å². The van der Waals surface area contributed by atoms with Crippen LogP contribution in [-0.2, 0) is 0 Å². The second kappa shape index (κ2) is 7.45. The maximum absolute atomic E-state index is 3.92. The van der Waals surface area contributed by atoms with Gasteiger partial charge in [0, 0.05) is 0 Å². The third-order valence-electron chi connectivity index (χ3n) is 3.20. The molecule has 0 aliphatic rings. The Balaban J connectivity index is 5.11. The van der Waals surface area contributed by atoms with Gasteiger partial charge >= 0.3 is 0 Å². The van der Waals surface area contributed by atoms with E-state index in [1.807, 2.05) is 0 Å². The molecule has 0 aromatic carbocycles. The van der Waals surface area contributed by atoms with Crippen molar-refractivity contribution >= 4 is 8.07 Å². The molecule has 0 nitrogen and oxygen atoms in total. The minimum atomic E-state index is -1.39. The molecule has 0 radical (unpaired) electrons. The molecular formula is C15H26Si. The highest BCUT2D eigenvalue weighted by Crippen LogP contribution is 2.36. The van der Waals surface area contributed by atoms with Gasteiger partial charge in [0.1, 0.15) is 0 Å². The predicted molar refractivity (Wildman–Crippen MR) is 79.6 cm³/mol. The predicted octanol–water partition coefficient (Wildman–Crippen LogP) is 5.35. The van der Waals surface area contributed by atoms with Crippen LogP contribution >= 0.6 is 0 Å². The minimum Gasteiger partial charge on any atom is -0.103 e. The van der Waals surface area contributed by atoms with Gasteiger partial charge in [-0.1, -0.05) is 36.8 Å². The molecule has 0 saturated heterocycles. The third kappa shape index (κ3) is 4.36. The Bertz CT molecular complexity index is 243. The number of hydrogen-bond donors (Lipinski definition) is 0. The summed E-state index contributed by atoms with van der Waals surface area (Å²) in [6.07, 6.45) is 8.64. The Hall–Kier alpha value is -0.823. The summed E-state index contributed by atoms with van der Waals surface area (Å²) in [5.41, 5.74) is 2.06. The van der Waals surface area contributed by atoms with Gasteiger partial charge in [-0.05, 0) is 37.5 Å². The van der Waals surface area contributed by atoms with Gasteiger partial charge in [0.15, 0.2) is 0 Å². The van der Waals surface area contributed by atoms with Gasteiger partial charge in [0.2, 0.25) is 0 Å². The van der Waals surface area contributed by atoms with Gasteiger partial charge in [-0.2, -0.15) is 0 Å². The maximum Gasteiger partial charge on any atom is 0.0714 e. The van der Waals surface area contributed by atoms with Gasteiger partial charge < -0.3 is 0 Å². The molecule has 1 unspecified atom stereocenters. The summed E-state index contributed by atoms with van der Waals surface area (Å²) in [4.78, 5) is 0. The first kappa shape index (κ1) is 15.2. The van der Waals surface area contributed by atoms with E-state index < -0.39 is 8.07 Å². The van der Waals surface area contributed by atoms with Crippen molar-refractivity contribution in [2.75, 3.05) is 0 Å². The molecule has 0 rings (SSSR count). The van der Waals surface area contributed by atoms with Crippen molar-refractivity contribution < 1.29 is 0 Å². The molecule has 0 N–H and O–H groups in total. The zero-order chi connectivity index (χ0) is 12.6. The van der Waals surface area contributed by atoms with Crippen molar-refractivity contribution in [2.45, 2.75) is 44.4 Å². The zero-order valence-corrected chi connectivity index (χ0v) is 12.1. The second-order valence-electron chi connectivity index (χ2n) is 4.87. The standard InChI is InChI=1S/C15H26Si/c1-7-10-16(11-8-2,12-9-3)15(6)13-14(4)5/h7-9,13,15H,1-3,10-12H2,4-6H3. The lowest BCUT2D eigenvalue weighted by Crippen LogP contribution is -2.36. The number of allylic oxidation sites excluding steroid dienone is 5.